The van der Waals surface area contributed by atoms with Crippen molar-refractivity contribution in [2.45, 2.75) is 26.3 Å². The van der Waals surface area contributed by atoms with Crippen molar-refractivity contribution >= 4 is 11.8 Å². The normalized spacial score (nSPS) is 10.7. The molecular weight excluding hydrogens is 246 g/mol. The molecule has 0 aromatic carbocycles. The van der Waals surface area contributed by atoms with Crippen LogP contribution in [0.15, 0.2) is 18.3 Å². The maximum atomic E-state index is 11.9. The summed E-state index contributed by atoms with van der Waals surface area (Å²) in [6, 6.07) is 3.22. The SMILES string of the molecule is COc1ncccc1C(=O)NCC(=O)NC(C)(C)C. The third kappa shape index (κ3) is 4.95. The molecule has 1 heterocycles. The minimum atomic E-state index is -0.394. The zero-order chi connectivity index (χ0) is 14.5. The number of nitrogens with one attached hydrogen (secondary N) is 2. The van der Waals surface area contributed by atoms with Gasteiger partial charge < -0.3 is 15.4 Å². The Hall–Kier alpha value is -2.11. The Labute approximate surface area is 112 Å². The molecule has 0 fully saturated rings. The maximum Gasteiger partial charge on any atom is 0.257 e. The van der Waals surface area contributed by atoms with Crippen LogP contribution in [-0.2, 0) is 4.79 Å². The zero-order valence-electron chi connectivity index (χ0n) is 11.6. The second kappa shape index (κ2) is 6.17. The lowest BCUT2D eigenvalue weighted by atomic mass is 10.1. The molecule has 0 aliphatic heterocycles. The van der Waals surface area contributed by atoms with E-state index in [0.29, 0.717) is 5.56 Å². The van der Waals surface area contributed by atoms with E-state index >= 15 is 0 Å². The Kier molecular flexibility index (Phi) is 4.86. The fraction of sp³-hybridized carbons (Fsp3) is 0.462. The standard InChI is InChI=1S/C13H19N3O3/c1-13(2,3)16-10(17)8-15-11(18)9-6-5-7-14-12(9)19-4/h5-7H,8H2,1-4H3,(H,15,18)(H,16,17). The molecule has 0 saturated heterocycles. The Balaban J connectivity index is 2.59. The van der Waals surface area contributed by atoms with Gasteiger partial charge in [0.1, 0.15) is 5.56 Å². The Morgan fingerprint density at radius 2 is 2.05 bits per heavy atom. The summed E-state index contributed by atoms with van der Waals surface area (Å²) in [5.41, 5.74) is -0.0260. The van der Waals surface area contributed by atoms with Gasteiger partial charge in [0.25, 0.3) is 5.91 Å². The van der Waals surface area contributed by atoms with Gasteiger partial charge in [-0.15, -0.1) is 0 Å². The first kappa shape index (κ1) is 14.9. The van der Waals surface area contributed by atoms with Crippen molar-refractivity contribution in [3.63, 3.8) is 0 Å². The van der Waals surface area contributed by atoms with Crippen LogP contribution in [-0.4, -0.2) is 36.0 Å². The van der Waals surface area contributed by atoms with Gasteiger partial charge in [-0.25, -0.2) is 4.98 Å². The summed E-state index contributed by atoms with van der Waals surface area (Å²) in [5.74, 6) is -0.408. The van der Waals surface area contributed by atoms with Crippen LogP contribution < -0.4 is 15.4 Å². The van der Waals surface area contributed by atoms with Crippen molar-refractivity contribution in [3.05, 3.63) is 23.9 Å². The number of carbonyl (C=O) groups is 2. The number of methoxy groups -OCH3 is 1. The highest BCUT2D eigenvalue weighted by molar-refractivity contribution is 5.98. The third-order valence-corrected chi connectivity index (χ3v) is 2.13. The van der Waals surface area contributed by atoms with E-state index in [2.05, 4.69) is 15.6 Å². The van der Waals surface area contributed by atoms with Gasteiger partial charge in [0.15, 0.2) is 0 Å². The molecule has 0 aliphatic carbocycles. The second-order valence-corrected chi connectivity index (χ2v) is 5.04. The monoisotopic (exact) mass is 265 g/mol. The van der Waals surface area contributed by atoms with Gasteiger partial charge in [0.05, 0.1) is 13.7 Å². The summed E-state index contributed by atoms with van der Waals surface area (Å²) in [7, 11) is 1.44. The molecule has 0 unspecified atom stereocenters. The summed E-state index contributed by atoms with van der Waals surface area (Å²) in [4.78, 5) is 27.4. The van der Waals surface area contributed by atoms with Gasteiger partial charge in [-0.1, -0.05) is 0 Å². The minimum Gasteiger partial charge on any atom is -0.480 e. The van der Waals surface area contributed by atoms with E-state index in [1.54, 1.807) is 12.1 Å². The molecule has 6 nitrogen and oxygen atoms in total. The smallest absolute Gasteiger partial charge is 0.257 e. The van der Waals surface area contributed by atoms with E-state index in [4.69, 9.17) is 4.74 Å². The van der Waals surface area contributed by atoms with Crippen LogP contribution in [0.5, 0.6) is 5.88 Å². The largest absolute Gasteiger partial charge is 0.480 e. The number of carbonyl (C=O) groups excluding carboxylic acids is 2. The topological polar surface area (TPSA) is 80.3 Å². The predicted molar refractivity (Wildman–Crippen MR) is 71.0 cm³/mol. The lowest BCUT2D eigenvalue weighted by Crippen LogP contribution is -2.45. The molecule has 19 heavy (non-hydrogen) atoms. The van der Waals surface area contributed by atoms with Crippen LogP contribution in [0.25, 0.3) is 0 Å². The molecule has 0 aliphatic rings. The highest BCUT2D eigenvalue weighted by Gasteiger charge is 2.16. The molecule has 0 spiro atoms. The van der Waals surface area contributed by atoms with Crippen LogP contribution in [0.1, 0.15) is 31.1 Å². The molecule has 0 atom stereocenters. The first-order valence-corrected chi connectivity index (χ1v) is 5.91. The average Bonchev–Trinajstić information content (AvgIpc) is 2.33. The van der Waals surface area contributed by atoms with E-state index in [-0.39, 0.29) is 23.9 Å². The first-order chi connectivity index (χ1) is 8.83. The number of aromatic nitrogens is 1. The summed E-state index contributed by atoms with van der Waals surface area (Å²) in [6.07, 6.45) is 1.53. The first-order valence-electron chi connectivity index (χ1n) is 5.91. The van der Waals surface area contributed by atoms with E-state index in [9.17, 15) is 9.59 Å². The van der Waals surface area contributed by atoms with Gasteiger partial charge in [-0.05, 0) is 32.9 Å². The second-order valence-electron chi connectivity index (χ2n) is 5.04. The summed E-state index contributed by atoms with van der Waals surface area (Å²) in [6.45, 7) is 5.53. The van der Waals surface area contributed by atoms with Crippen LogP contribution >= 0.6 is 0 Å². The van der Waals surface area contributed by atoms with E-state index in [1.807, 2.05) is 20.8 Å². The molecule has 2 N–H and O–H groups in total. The zero-order valence-corrected chi connectivity index (χ0v) is 11.6. The van der Waals surface area contributed by atoms with Crippen molar-refractivity contribution < 1.29 is 14.3 Å². The molecule has 2 amide bonds. The lowest BCUT2D eigenvalue weighted by Gasteiger charge is -2.20. The Bertz CT molecular complexity index is 466. The number of pyridine rings is 1. The molecule has 0 radical (unpaired) electrons. The highest BCUT2D eigenvalue weighted by atomic mass is 16.5. The fourth-order valence-electron chi connectivity index (χ4n) is 1.44. The number of ether oxygens (including phenoxy) is 1. The lowest BCUT2D eigenvalue weighted by molar-refractivity contribution is -0.121. The van der Waals surface area contributed by atoms with Crippen LogP contribution in [0.4, 0.5) is 0 Å². The van der Waals surface area contributed by atoms with Gasteiger partial charge in [0.2, 0.25) is 11.8 Å². The van der Waals surface area contributed by atoms with Crippen molar-refractivity contribution in [1.82, 2.24) is 15.6 Å². The molecule has 1 aromatic heterocycles. The highest BCUT2D eigenvalue weighted by Crippen LogP contribution is 2.12. The van der Waals surface area contributed by atoms with Crippen LogP contribution in [0, 0.1) is 0 Å². The number of hydrogen-bond donors (Lipinski definition) is 2. The summed E-state index contributed by atoms with van der Waals surface area (Å²) >= 11 is 0. The van der Waals surface area contributed by atoms with Crippen LogP contribution in [0.2, 0.25) is 0 Å². The molecule has 104 valence electrons. The molecular formula is C13H19N3O3. The molecule has 6 heteroatoms. The number of rotatable bonds is 4. The Morgan fingerprint density at radius 1 is 1.37 bits per heavy atom. The van der Waals surface area contributed by atoms with Crippen molar-refractivity contribution in [1.29, 1.82) is 0 Å². The summed E-state index contributed by atoms with van der Waals surface area (Å²) in [5, 5.41) is 5.28. The van der Waals surface area contributed by atoms with Gasteiger partial charge in [0, 0.05) is 11.7 Å². The van der Waals surface area contributed by atoms with Crippen molar-refractivity contribution in [2.75, 3.05) is 13.7 Å². The Morgan fingerprint density at radius 3 is 2.63 bits per heavy atom. The van der Waals surface area contributed by atoms with Crippen molar-refractivity contribution in [3.8, 4) is 5.88 Å². The fourth-order valence-corrected chi connectivity index (χ4v) is 1.44. The number of amides is 2. The predicted octanol–water partition coefficient (Wildman–Crippen LogP) is 0.735. The van der Waals surface area contributed by atoms with E-state index in [0.717, 1.165) is 0 Å². The molecule has 0 bridgehead atoms. The number of nitrogens with zero attached hydrogens (tertiary/aromatic N) is 1. The quantitative estimate of drug-likeness (QED) is 0.841. The summed E-state index contributed by atoms with van der Waals surface area (Å²) < 4.78 is 4.98. The van der Waals surface area contributed by atoms with Gasteiger partial charge in [-0.2, -0.15) is 0 Å². The van der Waals surface area contributed by atoms with Crippen LogP contribution in [0.3, 0.4) is 0 Å². The third-order valence-electron chi connectivity index (χ3n) is 2.13. The maximum absolute atomic E-state index is 11.9. The van der Waals surface area contributed by atoms with E-state index < -0.39 is 5.91 Å². The number of hydrogen-bond acceptors (Lipinski definition) is 4. The molecule has 1 aromatic rings. The molecule has 1 rings (SSSR count). The van der Waals surface area contributed by atoms with Gasteiger partial charge in [-0.3, -0.25) is 9.59 Å². The minimum absolute atomic E-state index is 0.0891. The van der Waals surface area contributed by atoms with E-state index in [1.165, 1.54) is 13.3 Å². The molecule has 0 saturated carbocycles. The van der Waals surface area contributed by atoms with Gasteiger partial charge >= 0.3 is 0 Å². The average molecular weight is 265 g/mol. The van der Waals surface area contributed by atoms with Crippen molar-refractivity contribution in [2.24, 2.45) is 0 Å².